The number of nitrogens with zero attached hydrogens (tertiary/aromatic N) is 3. The maximum absolute atomic E-state index is 12.1. The Bertz CT molecular complexity index is 615. The standard InChI is InChI=1S/C17H22N4O/c1-20-10-9-16(19-20)17(22)18-15-7-11-21(12-8-15)13-14-5-3-2-4-6-14/h2-6,9-10,15H,7-8,11-13H2,1H3,(H,18,22). The fourth-order valence-corrected chi connectivity index (χ4v) is 2.87. The Morgan fingerprint density at radius 3 is 2.59 bits per heavy atom. The van der Waals surface area contributed by atoms with Crippen molar-refractivity contribution < 1.29 is 4.79 Å². The first-order valence-corrected chi connectivity index (χ1v) is 7.77. The average molecular weight is 298 g/mol. The summed E-state index contributed by atoms with van der Waals surface area (Å²) >= 11 is 0. The molecule has 5 nitrogen and oxygen atoms in total. The van der Waals surface area contributed by atoms with Crippen LogP contribution in [0.3, 0.4) is 0 Å². The number of hydrogen-bond donors (Lipinski definition) is 1. The predicted molar refractivity (Wildman–Crippen MR) is 85.4 cm³/mol. The molecule has 116 valence electrons. The number of aryl methyl sites for hydroxylation is 1. The van der Waals surface area contributed by atoms with E-state index in [1.807, 2.05) is 13.1 Å². The van der Waals surface area contributed by atoms with Gasteiger partial charge in [-0.1, -0.05) is 30.3 Å². The van der Waals surface area contributed by atoms with Crippen molar-refractivity contribution in [2.45, 2.75) is 25.4 Å². The van der Waals surface area contributed by atoms with E-state index >= 15 is 0 Å². The van der Waals surface area contributed by atoms with E-state index in [2.05, 4.69) is 39.6 Å². The quantitative estimate of drug-likeness (QED) is 0.936. The van der Waals surface area contributed by atoms with Crippen molar-refractivity contribution in [1.29, 1.82) is 0 Å². The molecule has 1 aromatic carbocycles. The highest BCUT2D eigenvalue weighted by Gasteiger charge is 2.21. The Morgan fingerprint density at radius 2 is 1.95 bits per heavy atom. The Labute approximate surface area is 130 Å². The summed E-state index contributed by atoms with van der Waals surface area (Å²) in [5.74, 6) is -0.0675. The molecule has 1 amide bonds. The van der Waals surface area contributed by atoms with E-state index in [0.29, 0.717) is 5.69 Å². The van der Waals surface area contributed by atoms with Crippen LogP contribution < -0.4 is 5.32 Å². The van der Waals surface area contributed by atoms with Crippen LogP contribution in [0, 0.1) is 0 Å². The highest BCUT2D eigenvalue weighted by atomic mass is 16.2. The van der Waals surface area contributed by atoms with Crippen molar-refractivity contribution in [1.82, 2.24) is 20.0 Å². The Morgan fingerprint density at radius 1 is 1.23 bits per heavy atom. The van der Waals surface area contributed by atoms with E-state index in [-0.39, 0.29) is 11.9 Å². The summed E-state index contributed by atoms with van der Waals surface area (Å²) in [6.45, 7) is 3.02. The summed E-state index contributed by atoms with van der Waals surface area (Å²) < 4.78 is 1.65. The molecular weight excluding hydrogens is 276 g/mol. The Balaban J connectivity index is 1.46. The van der Waals surface area contributed by atoms with Gasteiger partial charge in [-0.25, -0.2) is 0 Å². The molecule has 5 heteroatoms. The second kappa shape index (κ2) is 6.75. The minimum atomic E-state index is -0.0675. The van der Waals surface area contributed by atoms with E-state index in [1.165, 1.54) is 5.56 Å². The lowest BCUT2D eigenvalue weighted by atomic mass is 10.0. The van der Waals surface area contributed by atoms with E-state index in [1.54, 1.807) is 16.9 Å². The smallest absolute Gasteiger partial charge is 0.271 e. The van der Waals surface area contributed by atoms with Gasteiger partial charge in [0, 0.05) is 38.9 Å². The molecule has 0 atom stereocenters. The largest absolute Gasteiger partial charge is 0.348 e. The lowest BCUT2D eigenvalue weighted by Gasteiger charge is -2.32. The fraction of sp³-hybridized carbons (Fsp3) is 0.412. The molecule has 2 aromatic rings. The molecular formula is C17H22N4O. The third-order valence-corrected chi connectivity index (χ3v) is 4.12. The molecule has 0 bridgehead atoms. The monoisotopic (exact) mass is 298 g/mol. The maximum atomic E-state index is 12.1. The SMILES string of the molecule is Cn1ccc(C(=O)NC2CCN(Cc3ccccc3)CC2)n1. The van der Waals surface area contributed by atoms with Crippen LogP contribution in [-0.2, 0) is 13.6 Å². The third-order valence-electron chi connectivity index (χ3n) is 4.12. The summed E-state index contributed by atoms with van der Waals surface area (Å²) in [6, 6.07) is 12.5. The molecule has 0 aliphatic carbocycles. The number of rotatable bonds is 4. The van der Waals surface area contributed by atoms with Crippen LogP contribution in [0.2, 0.25) is 0 Å². The molecule has 1 N–H and O–H groups in total. The zero-order valence-electron chi connectivity index (χ0n) is 12.9. The molecule has 0 unspecified atom stereocenters. The topological polar surface area (TPSA) is 50.2 Å². The number of likely N-dealkylation sites (tertiary alicyclic amines) is 1. The first kappa shape index (κ1) is 14.8. The summed E-state index contributed by atoms with van der Waals surface area (Å²) in [5, 5.41) is 7.23. The molecule has 1 aliphatic rings. The molecule has 1 aliphatic heterocycles. The molecule has 22 heavy (non-hydrogen) atoms. The molecule has 1 aromatic heterocycles. The van der Waals surface area contributed by atoms with E-state index in [0.717, 1.165) is 32.5 Å². The van der Waals surface area contributed by atoms with Crippen molar-refractivity contribution in [3.8, 4) is 0 Å². The predicted octanol–water partition coefficient (Wildman–Crippen LogP) is 1.81. The zero-order chi connectivity index (χ0) is 15.4. The van der Waals surface area contributed by atoms with Gasteiger partial charge >= 0.3 is 0 Å². The Kier molecular flexibility index (Phi) is 4.53. The first-order valence-electron chi connectivity index (χ1n) is 7.77. The molecule has 0 radical (unpaired) electrons. The minimum absolute atomic E-state index is 0.0675. The van der Waals surface area contributed by atoms with Crippen molar-refractivity contribution >= 4 is 5.91 Å². The van der Waals surface area contributed by atoms with Crippen LogP contribution in [0.5, 0.6) is 0 Å². The van der Waals surface area contributed by atoms with Crippen molar-refractivity contribution in [3.05, 3.63) is 53.9 Å². The lowest BCUT2D eigenvalue weighted by Crippen LogP contribution is -2.44. The highest BCUT2D eigenvalue weighted by Crippen LogP contribution is 2.14. The fourth-order valence-electron chi connectivity index (χ4n) is 2.87. The molecule has 2 heterocycles. The van der Waals surface area contributed by atoms with Gasteiger partial charge in [-0.3, -0.25) is 14.4 Å². The summed E-state index contributed by atoms with van der Waals surface area (Å²) in [4.78, 5) is 14.5. The number of carbonyl (C=O) groups is 1. The van der Waals surface area contributed by atoms with Gasteiger partial charge in [0.15, 0.2) is 0 Å². The number of piperidine rings is 1. The average Bonchev–Trinajstić information content (AvgIpc) is 2.97. The van der Waals surface area contributed by atoms with Crippen molar-refractivity contribution in [3.63, 3.8) is 0 Å². The van der Waals surface area contributed by atoms with E-state index in [4.69, 9.17) is 0 Å². The number of hydrogen-bond acceptors (Lipinski definition) is 3. The zero-order valence-corrected chi connectivity index (χ0v) is 12.9. The van der Waals surface area contributed by atoms with Gasteiger partial charge in [-0.2, -0.15) is 5.10 Å². The molecule has 1 saturated heterocycles. The van der Waals surface area contributed by atoms with Crippen molar-refractivity contribution in [2.24, 2.45) is 7.05 Å². The van der Waals surface area contributed by atoms with Crippen LogP contribution in [-0.4, -0.2) is 39.7 Å². The van der Waals surface area contributed by atoms with Crippen molar-refractivity contribution in [2.75, 3.05) is 13.1 Å². The maximum Gasteiger partial charge on any atom is 0.271 e. The van der Waals surface area contributed by atoms with Gasteiger partial charge in [0.1, 0.15) is 5.69 Å². The van der Waals surface area contributed by atoms with Gasteiger partial charge in [0.2, 0.25) is 0 Å². The molecule has 3 rings (SSSR count). The number of carbonyl (C=O) groups excluding carboxylic acids is 1. The highest BCUT2D eigenvalue weighted by molar-refractivity contribution is 5.92. The number of nitrogens with one attached hydrogen (secondary N) is 1. The van der Waals surface area contributed by atoms with Gasteiger partial charge in [0.25, 0.3) is 5.91 Å². The van der Waals surface area contributed by atoms with Crippen LogP contribution in [0.15, 0.2) is 42.6 Å². The van der Waals surface area contributed by atoms with Crippen LogP contribution in [0.25, 0.3) is 0 Å². The van der Waals surface area contributed by atoms with Gasteiger partial charge in [-0.05, 0) is 24.5 Å². The van der Waals surface area contributed by atoms with E-state index < -0.39 is 0 Å². The normalized spacial score (nSPS) is 16.6. The number of benzene rings is 1. The van der Waals surface area contributed by atoms with Gasteiger partial charge in [-0.15, -0.1) is 0 Å². The first-order chi connectivity index (χ1) is 10.7. The van der Waals surface area contributed by atoms with Gasteiger partial charge in [0.05, 0.1) is 0 Å². The summed E-state index contributed by atoms with van der Waals surface area (Å²) in [5.41, 5.74) is 1.84. The third kappa shape index (κ3) is 3.74. The minimum Gasteiger partial charge on any atom is -0.348 e. The number of aromatic nitrogens is 2. The molecule has 0 spiro atoms. The summed E-state index contributed by atoms with van der Waals surface area (Å²) in [7, 11) is 1.82. The summed E-state index contributed by atoms with van der Waals surface area (Å²) in [6.07, 6.45) is 3.77. The van der Waals surface area contributed by atoms with Gasteiger partial charge < -0.3 is 5.32 Å². The second-order valence-corrected chi connectivity index (χ2v) is 5.88. The molecule has 0 saturated carbocycles. The lowest BCUT2D eigenvalue weighted by molar-refractivity contribution is 0.0903. The van der Waals surface area contributed by atoms with Crippen LogP contribution in [0.1, 0.15) is 28.9 Å². The van der Waals surface area contributed by atoms with Crippen LogP contribution in [0.4, 0.5) is 0 Å². The number of amides is 1. The molecule has 1 fully saturated rings. The van der Waals surface area contributed by atoms with E-state index in [9.17, 15) is 4.79 Å². The van der Waals surface area contributed by atoms with Crippen LogP contribution >= 0.6 is 0 Å². The Hall–Kier alpha value is -2.14. The second-order valence-electron chi connectivity index (χ2n) is 5.88.